The number of piperazine rings is 1. The average molecular weight is 376 g/mol. The summed E-state index contributed by atoms with van der Waals surface area (Å²) in [7, 11) is 0. The molecule has 2 aromatic rings. The van der Waals surface area contributed by atoms with Crippen LogP contribution in [-0.2, 0) is 4.79 Å². The highest BCUT2D eigenvalue weighted by Gasteiger charge is 2.26. The molecule has 2 aromatic carbocycles. The normalized spacial score (nSPS) is 16.4. The monoisotopic (exact) mass is 375 g/mol. The molecule has 1 N–H and O–H groups in total. The predicted octanol–water partition coefficient (Wildman–Crippen LogP) is 3.94. The van der Waals surface area contributed by atoms with Crippen LogP contribution in [0.5, 0.6) is 0 Å². The van der Waals surface area contributed by atoms with Crippen LogP contribution in [0.25, 0.3) is 0 Å². The van der Waals surface area contributed by atoms with E-state index < -0.39 is 0 Å². The molecular formula is C20H23ClFN3O. The van der Waals surface area contributed by atoms with Crippen molar-refractivity contribution in [2.24, 2.45) is 0 Å². The maximum absolute atomic E-state index is 13.9. The Labute approximate surface area is 158 Å². The molecule has 0 saturated carbocycles. The van der Waals surface area contributed by atoms with Gasteiger partial charge in [-0.05, 0) is 43.7 Å². The molecule has 1 aliphatic rings. The average Bonchev–Trinajstić information content (AvgIpc) is 2.64. The van der Waals surface area contributed by atoms with E-state index in [1.807, 2.05) is 30.9 Å². The molecule has 1 saturated heterocycles. The van der Waals surface area contributed by atoms with Crippen LogP contribution in [0.4, 0.5) is 15.8 Å². The van der Waals surface area contributed by atoms with Gasteiger partial charge in [0, 0.05) is 36.9 Å². The predicted molar refractivity (Wildman–Crippen MR) is 104 cm³/mol. The van der Waals surface area contributed by atoms with Gasteiger partial charge in [-0.3, -0.25) is 9.69 Å². The quantitative estimate of drug-likeness (QED) is 0.879. The van der Waals surface area contributed by atoms with Gasteiger partial charge in [-0.15, -0.1) is 0 Å². The van der Waals surface area contributed by atoms with Gasteiger partial charge in [-0.1, -0.05) is 29.8 Å². The van der Waals surface area contributed by atoms with Gasteiger partial charge >= 0.3 is 0 Å². The SMILES string of the molecule is Cc1ccc(Cl)cc1NC(=O)C(C)N1CCN(c2ccccc2F)CC1. The van der Waals surface area contributed by atoms with Crippen LogP contribution in [0.2, 0.25) is 5.02 Å². The summed E-state index contributed by atoms with van der Waals surface area (Å²) in [6, 6.07) is 12.0. The second kappa shape index (κ2) is 8.06. The zero-order chi connectivity index (χ0) is 18.7. The van der Waals surface area contributed by atoms with Gasteiger partial charge in [0.05, 0.1) is 11.7 Å². The molecule has 1 amide bonds. The molecule has 138 valence electrons. The molecule has 1 heterocycles. The van der Waals surface area contributed by atoms with Crippen molar-refractivity contribution < 1.29 is 9.18 Å². The Balaban J connectivity index is 1.59. The topological polar surface area (TPSA) is 35.6 Å². The molecule has 1 fully saturated rings. The Morgan fingerprint density at radius 3 is 2.54 bits per heavy atom. The van der Waals surface area contributed by atoms with Gasteiger partial charge in [0.2, 0.25) is 5.91 Å². The van der Waals surface area contributed by atoms with Gasteiger partial charge in [0.25, 0.3) is 0 Å². The second-order valence-corrected chi connectivity index (χ2v) is 7.04. The number of rotatable bonds is 4. The number of carbonyl (C=O) groups excluding carboxylic acids is 1. The van der Waals surface area contributed by atoms with Crippen molar-refractivity contribution in [1.29, 1.82) is 0 Å². The van der Waals surface area contributed by atoms with Crippen molar-refractivity contribution in [3.8, 4) is 0 Å². The van der Waals surface area contributed by atoms with Crippen molar-refractivity contribution in [2.75, 3.05) is 36.4 Å². The van der Waals surface area contributed by atoms with E-state index in [0.29, 0.717) is 36.9 Å². The van der Waals surface area contributed by atoms with E-state index in [1.165, 1.54) is 6.07 Å². The number of aryl methyl sites for hydroxylation is 1. The summed E-state index contributed by atoms with van der Waals surface area (Å²) in [5, 5.41) is 3.56. The van der Waals surface area contributed by atoms with Crippen LogP contribution in [0.15, 0.2) is 42.5 Å². The van der Waals surface area contributed by atoms with Gasteiger partial charge in [-0.2, -0.15) is 0 Å². The Morgan fingerprint density at radius 1 is 1.15 bits per heavy atom. The van der Waals surface area contributed by atoms with E-state index in [1.54, 1.807) is 24.3 Å². The lowest BCUT2D eigenvalue weighted by atomic mass is 10.1. The molecule has 1 atom stereocenters. The highest BCUT2D eigenvalue weighted by molar-refractivity contribution is 6.31. The molecule has 0 bridgehead atoms. The smallest absolute Gasteiger partial charge is 0.241 e. The van der Waals surface area contributed by atoms with Crippen molar-refractivity contribution in [3.05, 3.63) is 58.9 Å². The Kier molecular flexibility index (Phi) is 5.79. The lowest BCUT2D eigenvalue weighted by Crippen LogP contribution is -2.53. The first-order valence-corrected chi connectivity index (χ1v) is 9.14. The van der Waals surface area contributed by atoms with Crippen LogP contribution in [0.1, 0.15) is 12.5 Å². The van der Waals surface area contributed by atoms with Gasteiger partial charge in [-0.25, -0.2) is 4.39 Å². The zero-order valence-corrected chi connectivity index (χ0v) is 15.8. The Morgan fingerprint density at radius 2 is 1.85 bits per heavy atom. The number of hydrogen-bond donors (Lipinski definition) is 1. The highest BCUT2D eigenvalue weighted by atomic mass is 35.5. The third kappa shape index (κ3) is 4.17. The fraction of sp³-hybridized carbons (Fsp3) is 0.350. The minimum absolute atomic E-state index is 0.0605. The van der Waals surface area contributed by atoms with Crippen LogP contribution >= 0.6 is 11.6 Å². The number of hydrogen-bond acceptors (Lipinski definition) is 3. The first-order chi connectivity index (χ1) is 12.5. The molecule has 1 unspecified atom stereocenters. The summed E-state index contributed by atoms with van der Waals surface area (Å²) < 4.78 is 13.9. The van der Waals surface area contributed by atoms with Crippen molar-refractivity contribution >= 4 is 28.9 Å². The number of carbonyl (C=O) groups is 1. The van der Waals surface area contributed by atoms with E-state index in [2.05, 4.69) is 10.2 Å². The Bertz CT molecular complexity index is 790. The van der Waals surface area contributed by atoms with Crippen LogP contribution in [0.3, 0.4) is 0 Å². The summed E-state index contributed by atoms with van der Waals surface area (Å²) in [5.74, 6) is -0.266. The lowest BCUT2D eigenvalue weighted by molar-refractivity contribution is -0.120. The standard InChI is InChI=1S/C20H23ClFN3O/c1-14-7-8-16(21)13-18(14)23-20(26)15(2)24-9-11-25(12-10-24)19-6-4-3-5-17(19)22/h3-8,13,15H,9-12H2,1-2H3,(H,23,26). The van der Waals surface area contributed by atoms with Gasteiger partial charge < -0.3 is 10.2 Å². The largest absolute Gasteiger partial charge is 0.367 e. The van der Waals surface area contributed by atoms with Crippen LogP contribution in [0, 0.1) is 12.7 Å². The summed E-state index contributed by atoms with van der Waals surface area (Å²) in [6.07, 6.45) is 0. The summed E-state index contributed by atoms with van der Waals surface area (Å²) in [6.45, 7) is 6.62. The van der Waals surface area contributed by atoms with Crippen LogP contribution in [-0.4, -0.2) is 43.0 Å². The van der Waals surface area contributed by atoms with Crippen molar-refractivity contribution in [1.82, 2.24) is 4.90 Å². The Hall–Kier alpha value is -2.11. The van der Waals surface area contributed by atoms with E-state index in [0.717, 1.165) is 11.3 Å². The fourth-order valence-corrected chi connectivity index (χ4v) is 3.36. The summed E-state index contributed by atoms with van der Waals surface area (Å²) >= 11 is 6.02. The number of para-hydroxylation sites is 1. The number of nitrogens with zero attached hydrogens (tertiary/aromatic N) is 2. The molecule has 1 aliphatic heterocycles. The first kappa shape index (κ1) is 18.7. The maximum Gasteiger partial charge on any atom is 0.241 e. The van der Waals surface area contributed by atoms with Crippen molar-refractivity contribution in [3.63, 3.8) is 0 Å². The number of benzene rings is 2. The van der Waals surface area contributed by atoms with E-state index >= 15 is 0 Å². The van der Waals surface area contributed by atoms with Crippen LogP contribution < -0.4 is 10.2 Å². The fourth-order valence-electron chi connectivity index (χ4n) is 3.19. The minimum Gasteiger partial charge on any atom is -0.367 e. The molecule has 0 aliphatic carbocycles. The van der Waals surface area contributed by atoms with Crippen molar-refractivity contribution in [2.45, 2.75) is 19.9 Å². The minimum atomic E-state index is -0.267. The molecule has 0 radical (unpaired) electrons. The second-order valence-electron chi connectivity index (χ2n) is 6.60. The molecule has 0 spiro atoms. The van der Waals surface area contributed by atoms with E-state index in [4.69, 9.17) is 11.6 Å². The summed E-state index contributed by atoms with van der Waals surface area (Å²) in [5.41, 5.74) is 2.33. The zero-order valence-electron chi connectivity index (χ0n) is 15.0. The highest BCUT2D eigenvalue weighted by Crippen LogP contribution is 2.22. The maximum atomic E-state index is 13.9. The molecule has 3 rings (SSSR count). The first-order valence-electron chi connectivity index (χ1n) is 8.76. The lowest BCUT2D eigenvalue weighted by Gasteiger charge is -2.38. The molecule has 4 nitrogen and oxygen atoms in total. The van der Waals surface area contributed by atoms with E-state index in [9.17, 15) is 9.18 Å². The van der Waals surface area contributed by atoms with Gasteiger partial charge in [0.1, 0.15) is 5.82 Å². The summed E-state index contributed by atoms with van der Waals surface area (Å²) in [4.78, 5) is 16.8. The number of nitrogens with one attached hydrogen (secondary N) is 1. The molecule has 0 aromatic heterocycles. The number of halogens is 2. The molecular weight excluding hydrogens is 353 g/mol. The number of amides is 1. The molecule has 6 heteroatoms. The van der Waals surface area contributed by atoms with Gasteiger partial charge in [0.15, 0.2) is 0 Å². The number of anilines is 2. The third-order valence-corrected chi connectivity index (χ3v) is 5.13. The van der Waals surface area contributed by atoms with E-state index in [-0.39, 0.29) is 17.8 Å². The molecule has 26 heavy (non-hydrogen) atoms. The third-order valence-electron chi connectivity index (χ3n) is 4.89.